The summed E-state index contributed by atoms with van der Waals surface area (Å²) in [5, 5.41) is 0.447. The summed E-state index contributed by atoms with van der Waals surface area (Å²) in [5.74, 6) is 0.113. The monoisotopic (exact) mass is 533 g/mol. The fourth-order valence-electron chi connectivity index (χ4n) is 4.63. The van der Waals surface area contributed by atoms with Gasteiger partial charge in [0.15, 0.2) is 17.1 Å². The molecule has 0 N–H and O–H groups in total. The van der Waals surface area contributed by atoms with Crippen molar-refractivity contribution >= 4 is 32.8 Å². The number of hydrogen-bond acceptors (Lipinski definition) is 7. The van der Waals surface area contributed by atoms with Gasteiger partial charge in [-0.2, -0.15) is 4.31 Å². The van der Waals surface area contributed by atoms with Crippen molar-refractivity contribution in [3.8, 4) is 22.9 Å². The molecular formula is C23H18ClF2N5O4S. The van der Waals surface area contributed by atoms with Crippen molar-refractivity contribution in [2.45, 2.75) is 30.1 Å². The van der Waals surface area contributed by atoms with E-state index < -0.39 is 16.3 Å². The molecule has 0 saturated carbocycles. The van der Waals surface area contributed by atoms with Crippen molar-refractivity contribution in [2.75, 3.05) is 13.1 Å². The number of alkyl halides is 2. The predicted octanol–water partition coefficient (Wildman–Crippen LogP) is 4.49. The van der Waals surface area contributed by atoms with Crippen molar-refractivity contribution in [3.63, 3.8) is 0 Å². The number of benzene rings is 1. The molecule has 2 aliphatic rings. The molecule has 0 spiro atoms. The van der Waals surface area contributed by atoms with Gasteiger partial charge in [-0.3, -0.25) is 4.98 Å². The van der Waals surface area contributed by atoms with Gasteiger partial charge < -0.3 is 14.0 Å². The van der Waals surface area contributed by atoms with Gasteiger partial charge in [-0.15, -0.1) is 8.78 Å². The van der Waals surface area contributed by atoms with E-state index in [4.69, 9.17) is 16.6 Å². The summed E-state index contributed by atoms with van der Waals surface area (Å²) in [6, 6.07) is 8.93. The van der Waals surface area contributed by atoms with Gasteiger partial charge in [-0.1, -0.05) is 11.6 Å². The lowest BCUT2D eigenvalue weighted by molar-refractivity contribution is -0.286. The highest BCUT2D eigenvalue weighted by Gasteiger charge is 2.44. The Hall–Kier alpha value is -3.35. The molecule has 1 fully saturated rings. The minimum atomic E-state index is -3.94. The summed E-state index contributed by atoms with van der Waals surface area (Å²) < 4.78 is 65.4. The first kappa shape index (κ1) is 23.1. The van der Waals surface area contributed by atoms with Crippen LogP contribution in [0.2, 0.25) is 5.02 Å². The van der Waals surface area contributed by atoms with E-state index >= 15 is 0 Å². The number of aromatic nitrogens is 4. The van der Waals surface area contributed by atoms with E-state index in [-0.39, 0.29) is 35.5 Å². The normalized spacial score (nSPS) is 18.1. The van der Waals surface area contributed by atoms with Crippen LogP contribution in [0.25, 0.3) is 22.6 Å². The molecule has 0 unspecified atom stereocenters. The second-order valence-electron chi connectivity index (χ2n) is 8.42. The average molecular weight is 534 g/mol. The molecule has 0 radical (unpaired) electrons. The summed E-state index contributed by atoms with van der Waals surface area (Å²) >= 11 is 6.42. The third-order valence-corrected chi connectivity index (χ3v) is 8.47. The minimum Gasteiger partial charge on any atom is -0.395 e. The topological polar surface area (TPSA) is 99.4 Å². The van der Waals surface area contributed by atoms with Crippen molar-refractivity contribution in [1.82, 2.24) is 23.8 Å². The van der Waals surface area contributed by atoms with E-state index in [1.807, 2.05) is 12.1 Å². The van der Waals surface area contributed by atoms with Crippen molar-refractivity contribution in [1.29, 1.82) is 0 Å². The average Bonchev–Trinajstić information content (AvgIpc) is 3.39. The Kier molecular flexibility index (Phi) is 5.36. The molecule has 186 valence electrons. The Morgan fingerprint density at radius 1 is 1.06 bits per heavy atom. The number of sulfonamides is 1. The Balaban J connectivity index is 1.29. The van der Waals surface area contributed by atoms with E-state index in [0.717, 1.165) is 11.6 Å². The number of piperidine rings is 1. The van der Waals surface area contributed by atoms with Crippen LogP contribution in [0, 0.1) is 0 Å². The molecule has 0 amide bonds. The highest BCUT2D eigenvalue weighted by Crippen LogP contribution is 2.43. The van der Waals surface area contributed by atoms with Crippen LogP contribution in [0.3, 0.4) is 0 Å². The second-order valence-corrected chi connectivity index (χ2v) is 10.8. The first-order valence-electron chi connectivity index (χ1n) is 11.1. The van der Waals surface area contributed by atoms with E-state index in [2.05, 4.69) is 24.0 Å². The number of ether oxygens (including phenoxy) is 2. The van der Waals surface area contributed by atoms with Gasteiger partial charge in [0.1, 0.15) is 5.82 Å². The molecule has 36 heavy (non-hydrogen) atoms. The summed E-state index contributed by atoms with van der Waals surface area (Å²) in [5.41, 5.74) is 2.09. The third-order valence-electron chi connectivity index (χ3n) is 6.28. The molecule has 3 aromatic heterocycles. The maximum absolute atomic E-state index is 13.4. The summed E-state index contributed by atoms with van der Waals surface area (Å²) in [4.78, 5) is 13.0. The lowest BCUT2D eigenvalue weighted by Gasteiger charge is -2.33. The van der Waals surface area contributed by atoms with Crippen molar-refractivity contribution < 1.29 is 26.7 Å². The van der Waals surface area contributed by atoms with Gasteiger partial charge >= 0.3 is 6.29 Å². The number of halogens is 3. The predicted molar refractivity (Wildman–Crippen MR) is 125 cm³/mol. The molecule has 2 aliphatic heterocycles. The molecule has 1 saturated heterocycles. The molecule has 5 heterocycles. The fraction of sp³-hybridized carbons (Fsp3) is 0.261. The number of imidazole rings is 1. The van der Waals surface area contributed by atoms with Crippen LogP contribution < -0.4 is 9.47 Å². The highest BCUT2D eigenvalue weighted by atomic mass is 35.5. The molecule has 6 rings (SSSR count). The van der Waals surface area contributed by atoms with Crippen LogP contribution in [0.5, 0.6) is 11.5 Å². The van der Waals surface area contributed by atoms with Gasteiger partial charge in [0.05, 0.1) is 15.4 Å². The molecule has 4 aromatic rings. The lowest BCUT2D eigenvalue weighted by Crippen LogP contribution is -2.39. The maximum Gasteiger partial charge on any atom is 0.586 e. The van der Waals surface area contributed by atoms with Gasteiger partial charge in [-0.25, -0.2) is 18.4 Å². The second kappa shape index (κ2) is 8.36. The smallest absolute Gasteiger partial charge is 0.395 e. The molecule has 0 atom stereocenters. The zero-order valence-electron chi connectivity index (χ0n) is 18.5. The van der Waals surface area contributed by atoms with E-state index in [1.54, 1.807) is 24.7 Å². The number of fused-ring (bicyclic) bond motifs is 2. The Morgan fingerprint density at radius 2 is 1.83 bits per heavy atom. The van der Waals surface area contributed by atoms with Crippen molar-refractivity contribution in [2.24, 2.45) is 0 Å². The van der Waals surface area contributed by atoms with E-state index in [0.29, 0.717) is 34.9 Å². The molecule has 9 nitrogen and oxygen atoms in total. The standard InChI is InChI=1S/C23H18ClF2N5O4S/c24-17-13-27-9-5-16(17)22-29-21-18(2-1-8-28-21)31(22)14-6-10-30(11-7-14)36(32,33)15-3-4-19-20(12-15)35-23(25,26)34-19/h1-5,8-9,12-14H,6-7,10-11H2. The summed E-state index contributed by atoms with van der Waals surface area (Å²) in [6.45, 7) is 0.447. The highest BCUT2D eigenvalue weighted by molar-refractivity contribution is 7.89. The minimum absolute atomic E-state index is 0.0691. The zero-order chi connectivity index (χ0) is 25.1. The van der Waals surface area contributed by atoms with Gasteiger partial charge in [0.2, 0.25) is 10.0 Å². The van der Waals surface area contributed by atoms with E-state index in [1.165, 1.54) is 16.4 Å². The first-order chi connectivity index (χ1) is 17.2. The van der Waals surface area contributed by atoms with Crippen LogP contribution in [0.1, 0.15) is 18.9 Å². The van der Waals surface area contributed by atoms with Crippen LogP contribution in [0.4, 0.5) is 8.78 Å². The molecule has 13 heteroatoms. The third kappa shape index (κ3) is 3.85. The number of pyridine rings is 2. The first-order valence-corrected chi connectivity index (χ1v) is 12.9. The Labute approximate surface area is 209 Å². The van der Waals surface area contributed by atoms with Crippen LogP contribution >= 0.6 is 11.6 Å². The van der Waals surface area contributed by atoms with Crippen molar-refractivity contribution in [3.05, 3.63) is 60.0 Å². The number of rotatable bonds is 4. The van der Waals surface area contributed by atoms with Crippen LogP contribution in [-0.2, 0) is 10.0 Å². The maximum atomic E-state index is 13.4. The zero-order valence-corrected chi connectivity index (χ0v) is 20.1. The number of nitrogens with zero attached hydrogens (tertiary/aromatic N) is 5. The SMILES string of the molecule is O=S(=O)(c1ccc2c(c1)OC(F)(F)O2)N1CCC(n2c(-c3ccncc3Cl)nc3ncccc32)CC1. The Morgan fingerprint density at radius 3 is 2.61 bits per heavy atom. The van der Waals surface area contributed by atoms with Gasteiger partial charge in [0, 0.05) is 49.4 Å². The summed E-state index contributed by atoms with van der Waals surface area (Å²) in [7, 11) is -3.94. The fourth-order valence-corrected chi connectivity index (χ4v) is 6.32. The molecule has 0 aliphatic carbocycles. The van der Waals surface area contributed by atoms with Crippen LogP contribution in [0.15, 0.2) is 59.9 Å². The molecular weight excluding hydrogens is 516 g/mol. The molecule has 0 bridgehead atoms. The number of hydrogen-bond donors (Lipinski definition) is 0. The van der Waals surface area contributed by atoms with E-state index in [9.17, 15) is 17.2 Å². The van der Waals surface area contributed by atoms with Gasteiger partial charge in [0.25, 0.3) is 0 Å². The quantitative estimate of drug-likeness (QED) is 0.381. The lowest BCUT2D eigenvalue weighted by atomic mass is 10.1. The molecule has 1 aromatic carbocycles. The summed E-state index contributed by atoms with van der Waals surface area (Å²) in [6.07, 6.45) is 2.02. The Bertz CT molecular complexity index is 1590. The largest absolute Gasteiger partial charge is 0.586 e. The van der Waals surface area contributed by atoms with Gasteiger partial charge in [-0.05, 0) is 43.2 Å². The van der Waals surface area contributed by atoms with Crippen LogP contribution in [-0.4, -0.2) is 51.6 Å².